The molecule has 0 amide bonds. The molecular weight excluding hydrogens is 272 g/mol. The molecule has 0 heterocycles. The molecule has 4 heteroatoms. The number of alkyl halides is 1. The highest BCUT2D eigenvalue weighted by atomic mass is 79.9. The van der Waals surface area contributed by atoms with Crippen LogP contribution in [0, 0.1) is 0 Å². The molecule has 1 aromatic carbocycles. The fourth-order valence-electron chi connectivity index (χ4n) is 1.41. The zero-order chi connectivity index (χ0) is 12.0. The minimum Gasteiger partial charge on any atom is -0.382 e. The van der Waals surface area contributed by atoms with Gasteiger partial charge in [0.05, 0.1) is 11.9 Å². The molecular formula is C12H15BrO3. The van der Waals surface area contributed by atoms with Crippen LogP contribution >= 0.6 is 15.9 Å². The first kappa shape index (κ1) is 13.4. The average molecular weight is 287 g/mol. The van der Waals surface area contributed by atoms with Gasteiger partial charge in [0.25, 0.3) is 0 Å². The van der Waals surface area contributed by atoms with Crippen LogP contribution in [0.5, 0.6) is 0 Å². The van der Waals surface area contributed by atoms with Crippen LogP contribution in [0.3, 0.4) is 0 Å². The van der Waals surface area contributed by atoms with E-state index in [1.54, 1.807) is 26.4 Å². The van der Waals surface area contributed by atoms with Gasteiger partial charge >= 0.3 is 0 Å². The van der Waals surface area contributed by atoms with Crippen molar-refractivity contribution < 1.29 is 14.3 Å². The first-order valence-electron chi connectivity index (χ1n) is 4.93. The fraction of sp³-hybridized carbons (Fsp3) is 0.417. The van der Waals surface area contributed by atoms with E-state index < -0.39 is 0 Å². The number of hydrogen-bond donors (Lipinski definition) is 0. The van der Waals surface area contributed by atoms with Gasteiger partial charge in [-0.15, -0.1) is 0 Å². The van der Waals surface area contributed by atoms with Crippen molar-refractivity contribution in [3.05, 3.63) is 35.4 Å². The zero-order valence-electron chi connectivity index (χ0n) is 9.40. The van der Waals surface area contributed by atoms with Gasteiger partial charge in [0.1, 0.15) is 6.10 Å². The number of halogens is 1. The molecule has 0 aliphatic heterocycles. The molecule has 0 aliphatic rings. The van der Waals surface area contributed by atoms with Crippen LogP contribution < -0.4 is 0 Å². The summed E-state index contributed by atoms with van der Waals surface area (Å²) in [6, 6.07) is 7.40. The van der Waals surface area contributed by atoms with Crippen molar-refractivity contribution in [2.75, 3.05) is 26.2 Å². The molecule has 3 nitrogen and oxygen atoms in total. The summed E-state index contributed by atoms with van der Waals surface area (Å²) in [5.41, 5.74) is 1.71. The fourth-order valence-corrected chi connectivity index (χ4v) is 1.74. The van der Waals surface area contributed by atoms with E-state index >= 15 is 0 Å². The monoisotopic (exact) mass is 286 g/mol. The lowest BCUT2D eigenvalue weighted by atomic mass is 10.1. The number of hydrogen-bond acceptors (Lipinski definition) is 3. The zero-order valence-corrected chi connectivity index (χ0v) is 11.0. The van der Waals surface area contributed by atoms with E-state index in [9.17, 15) is 4.79 Å². The Bertz CT molecular complexity index is 335. The van der Waals surface area contributed by atoms with E-state index in [4.69, 9.17) is 9.47 Å². The highest BCUT2D eigenvalue weighted by molar-refractivity contribution is 9.09. The van der Waals surface area contributed by atoms with Gasteiger partial charge in [0.2, 0.25) is 0 Å². The quantitative estimate of drug-likeness (QED) is 0.596. The number of carbonyl (C=O) groups excluding carboxylic acids is 1. The van der Waals surface area contributed by atoms with Gasteiger partial charge < -0.3 is 9.47 Å². The van der Waals surface area contributed by atoms with Gasteiger partial charge in [-0.2, -0.15) is 0 Å². The van der Waals surface area contributed by atoms with Crippen LogP contribution in [0.4, 0.5) is 0 Å². The second-order valence-electron chi connectivity index (χ2n) is 3.36. The Morgan fingerprint density at radius 1 is 1.31 bits per heavy atom. The van der Waals surface area contributed by atoms with E-state index in [0.29, 0.717) is 17.5 Å². The average Bonchev–Trinajstić information content (AvgIpc) is 2.35. The number of benzene rings is 1. The number of Topliss-reactive ketones (excluding diaryl/α,β-unsaturated/α-hetero) is 1. The summed E-state index contributed by atoms with van der Waals surface area (Å²) in [6.07, 6.45) is -0.0851. The highest BCUT2D eigenvalue weighted by Crippen LogP contribution is 2.17. The first-order valence-corrected chi connectivity index (χ1v) is 6.06. The lowest BCUT2D eigenvalue weighted by Crippen LogP contribution is -2.09. The third kappa shape index (κ3) is 3.40. The molecule has 88 valence electrons. The molecule has 0 radical (unpaired) electrons. The smallest absolute Gasteiger partial charge is 0.173 e. The molecule has 1 unspecified atom stereocenters. The molecule has 0 aromatic heterocycles. The first-order chi connectivity index (χ1) is 7.72. The van der Waals surface area contributed by atoms with Gasteiger partial charge in [0.15, 0.2) is 5.78 Å². The van der Waals surface area contributed by atoms with Gasteiger partial charge in [0, 0.05) is 19.8 Å². The summed E-state index contributed by atoms with van der Waals surface area (Å²) in [6.45, 7) is 0.502. The van der Waals surface area contributed by atoms with E-state index in [1.807, 2.05) is 12.1 Å². The Morgan fingerprint density at radius 3 is 2.38 bits per heavy atom. The SMILES string of the molecule is COCC(OC)c1ccc(C(=O)CBr)cc1. The normalized spacial score (nSPS) is 12.4. The van der Waals surface area contributed by atoms with Crippen molar-refractivity contribution >= 4 is 21.7 Å². The second kappa shape index (κ2) is 6.78. The standard InChI is InChI=1S/C12H15BrO3/c1-15-8-12(16-2)10-5-3-9(4-6-10)11(14)7-13/h3-6,12H,7-8H2,1-2H3. The van der Waals surface area contributed by atoms with E-state index in [2.05, 4.69) is 15.9 Å². The molecule has 0 bridgehead atoms. The maximum absolute atomic E-state index is 11.4. The van der Waals surface area contributed by atoms with Crippen LogP contribution in [0.1, 0.15) is 22.0 Å². The molecule has 0 aliphatic carbocycles. The van der Waals surface area contributed by atoms with Crippen LogP contribution in [-0.2, 0) is 9.47 Å². The molecule has 0 saturated heterocycles. The molecule has 1 atom stereocenters. The molecule has 16 heavy (non-hydrogen) atoms. The molecule has 1 rings (SSSR count). The van der Waals surface area contributed by atoms with Crippen molar-refractivity contribution in [1.82, 2.24) is 0 Å². The molecule has 0 saturated carbocycles. The van der Waals surface area contributed by atoms with Gasteiger partial charge in [-0.1, -0.05) is 40.2 Å². The Morgan fingerprint density at radius 2 is 1.94 bits per heavy atom. The highest BCUT2D eigenvalue weighted by Gasteiger charge is 2.11. The van der Waals surface area contributed by atoms with Gasteiger partial charge in [-0.05, 0) is 5.56 Å². The van der Waals surface area contributed by atoms with Gasteiger partial charge in [-0.3, -0.25) is 4.79 Å². The summed E-state index contributed by atoms with van der Waals surface area (Å²) in [7, 11) is 3.27. The summed E-state index contributed by atoms with van der Waals surface area (Å²) >= 11 is 3.14. The van der Waals surface area contributed by atoms with Crippen molar-refractivity contribution in [1.29, 1.82) is 0 Å². The van der Waals surface area contributed by atoms with Crippen LogP contribution in [0.2, 0.25) is 0 Å². The second-order valence-corrected chi connectivity index (χ2v) is 3.92. The Hall–Kier alpha value is -0.710. The Balaban J connectivity index is 2.80. The maximum Gasteiger partial charge on any atom is 0.173 e. The van der Waals surface area contributed by atoms with E-state index in [1.165, 1.54) is 0 Å². The maximum atomic E-state index is 11.4. The van der Waals surface area contributed by atoms with E-state index in [0.717, 1.165) is 5.56 Å². The predicted octanol–water partition coefficient (Wildman–Crippen LogP) is 2.60. The number of rotatable bonds is 6. The van der Waals surface area contributed by atoms with Crippen LogP contribution in [-0.4, -0.2) is 31.9 Å². The van der Waals surface area contributed by atoms with Crippen molar-refractivity contribution in [2.24, 2.45) is 0 Å². The number of methoxy groups -OCH3 is 2. The van der Waals surface area contributed by atoms with Crippen molar-refractivity contribution in [2.45, 2.75) is 6.10 Å². The Labute approximate surface area is 104 Å². The third-order valence-corrected chi connectivity index (χ3v) is 2.84. The summed E-state index contributed by atoms with van der Waals surface area (Å²) in [4.78, 5) is 11.4. The number of ketones is 1. The minimum absolute atomic E-state index is 0.0762. The van der Waals surface area contributed by atoms with Crippen molar-refractivity contribution in [3.8, 4) is 0 Å². The summed E-state index contributed by atoms with van der Waals surface area (Å²) < 4.78 is 10.3. The summed E-state index contributed by atoms with van der Waals surface area (Å²) in [5.74, 6) is 0.0762. The van der Waals surface area contributed by atoms with Crippen molar-refractivity contribution in [3.63, 3.8) is 0 Å². The molecule has 1 aromatic rings. The number of ether oxygens (including phenoxy) is 2. The lowest BCUT2D eigenvalue weighted by molar-refractivity contribution is 0.0275. The van der Waals surface area contributed by atoms with Crippen LogP contribution in [0.15, 0.2) is 24.3 Å². The molecule has 0 N–H and O–H groups in total. The Kier molecular flexibility index (Phi) is 5.66. The van der Waals surface area contributed by atoms with Gasteiger partial charge in [-0.25, -0.2) is 0 Å². The third-order valence-electron chi connectivity index (χ3n) is 2.33. The topological polar surface area (TPSA) is 35.5 Å². The minimum atomic E-state index is -0.0851. The van der Waals surface area contributed by atoms with Crippen LogP contribution in [0.25, 0.3) is 0 Å². The summed E-state index contributed by atoms with van der Waals surface area (Å²) in [5, 5.41) is 0.345. The molecule has 0 spiro atoms. The van der Waals surface area contributed by atoms with E-state index in [-0.39, 0.29) is 11.9 Å². The predicted molar refractivity (Wildman–Crippen MR) is 66.2 cm³/mol. The largest absolute Gasteiger partial charge is 0.382 e. The molecule has 0 fully saturated rings. The lowest BCUT2D eigenvalue weighted by Gasteiger charge is -2.14. The number of carbonyl (C=O) groups is 1.